The second-order valence-corrected chi connectivity index (χ2v) is 10.2. The molecule has 41 heavy (non-hydrogen) atoms. The lowest BCUT2D eigenvalue weighted by Gasteiger charge is -2.26. The first-order valence-corrected chi connectivity index (χ1v) is 13.8. The van der Waals surface area contributed by atoms with Gasteiger partial charge in [0.25, 0.3) is 11.2 Å². The van der Waals surface area contributed by atoms with Crippen LogP contribution >= 0.6 is 11.3 Å². The van der Waals surface area contributed by atoms with Gasteiger partial charge in [0, 0.05) is 29.3 Å². The summed E-state index contributed by atoms with van der Waals surface area (Å²) in [5.74, 6) is 0.949. The summed E-state index contributed by atoms with van der Waals surface area (Å²) in [6.45, 7) is 7.67. The van der Waals surface area contributed by atoms with Crippen LogP contribution in [0.25, 0.3) is 17.4 Å². The quantitative estimate of drug-likeness (QED) is 0.170. The number of rotatable bonds is 8. The summed E-state index contributed by atoms with van der Waals surface area (Å²) in [4.78, 5) is 42.7. The topological polar surface area (TPSA) is 126 Å². The van der Waals surface area contributed by atoms with Crippen LogP contribution in [0.15, 0.2) is 80.1 Å². The van der Waals surface area contributed by atoms with Crippen molar-refractivity contribution in [1.82, 2.24) is 4.57 Å². The molecule has 2 aromatic carbocycles. The van der Waals surface area contributed by atoms with Crippen molar-refractivity contribution < 1.29 is 23.6 Å². The number of furan rings is 1. The Balaban J connectivity index is 1.63. The van der Waals surface area contributed by atoms with Gasteiger partial charge < -0.3 is 13.9 Å². The molecule has 3 heterocycles. The fourth-order valence-electron chi connectivity index (χ4n) is 4.82. The summed E-state index contributed by atoms with van der Waals surface area (Å²) in [7, 11) is 0. The van der Waals surface area contributed by atoms with Crippen molar-refractivity contribution in [1.29, 1.82) is 0 Å². The molecule has 0 radical (unpaired) electrons. The summed E-state index contributed by atoms with van der Waals surface area (Å²) in [6.07, 6.45) is 1.63. The number of non-ortho nitro benzene ring substituents is 1. The van der Waals surface area contributed by atoms with E-state index >= 15 is 0 Å². The minimum absolute atomic E-state index is 0.00270. The molecule has 10 nitrogen and oxygen atoms in total. The Bertz CT molecular complexity index is 1880. The van der Waals surface area contributed by atoms with Gasteiger partial charge in [-0.25, -0.2) is 9.79 Å². The molecule has 4 aromatic rings. The molecule has 0 amide bonds. The van der Waals surface area contributed by atoms with Crippen molar-refractivity contribution in [2.75, 3.05) is 13.2 Å². The third kappa shape index (κ3) is 5.23. The van der Waals surface area contributed by atoms with E-state index in [1.54, 1.807) is 51.1 Å². The largest absolute Gasteiger partial charge is 0.494 e. The van der Waals surface area contributed by atoms with Gasteiger partial charge in [-0.05, 0) is 57.5 Å². The lowest BCUT2D eigenvalue weighted by molar-refractivity contribution is -0.384. The highest BCUT2D eigenvalue weighted by molar-refractivity contribution is 7.07. The fraction of sp³-hybridized carbons (Fsp3) is 0.233. The molecule has 1 aliphatic rings. The number of carbonyl (C=O) groups excluding carboxylic acids is 1. The molecule has 0 saturated carbocycles. The number of aryl methyl sites for hydroxylation is 1. The Morgan fingerprint density at radius 2 is 1.93 bits per heavy atom. The summed E-state index contributed by atoms with van der Waals surface area (Å²) in [5.41, 5.74) is 2.43. The van der Waals surface area contributed by atoms with Gasteiger partial charge in [0.05, 0.1) is 33.9 Å². The number of thiazole rings is 1. The van der Waals surface area contributed by atoms with E-state index in [2.05, 4.69) is 4.99 Å². The van der Waals surface area contributed by atoms with E-state index < -0.39 is 16.9 Å². The monoisotopic (exact) mass is 573 g/mol. The number of hydrogen-bond donors (Lipinski definition) is 0. The summed E-state index contributed by atoms with van der Waals surface area (Å²) < 4.78 is 19.1. The summed E-state index contributed by atoms with van der Waals surface area (Å²) in [5, 5.41) is 11.1. The number of nitro groups is 1. The van der Waals surface area contributed by atoms with Crippen molar-refractivity contribution in [3.8, 4) is 17.1 Å². The zero-order chi connectivity index (χ0) is 29.3. The Kier molecular flexibility index (Phi) is 7.71. The molecular weight excluding hydrogens is 546 g/mol. The molecular formula is C30H27N3O7S. The predicted octanol–water partition coefficient (Wildman–Crippen LogP) is 4.67. The van der Waals surface area contributed by atoms with E-state index in [9.17, 15) is 19.7 Å². The standard InChI is InChI=1S/C30H27N3O7S/c1-5-38-23-10-8-7-9-22(23)27-26(29(35)39-6-2)18(4)31-30-32(27)28(34)25(41-30)16-20-12-14-24(40-20)21-13-11-19(33(36)37)15-17(21)3/h7-16,27H,5-6H2,1-4H3/b25-16-/t27-/m1/s1. The molecule has 210 valence electrons. The number of ether oxygens (including phenoxy) is 2. The minimum Gasteiger partial charge on any atom is -0.494 e. The Hall–Kier alpha value is -4.77. The third-order valence-corrected chi connectivity index (χ3v) is 7.60. The highest BCUT2D eigenvalue weighted by Crippen LogP contribution is 2.36. The normalized spacial score (nSPS) is 14.9. The molecule has 0 spiro atoms. The predicted molar refractivity (Wildman–Crippen MR) is 154 cm³/mol. The molecule has 1 atom stereocenters. The van der Waals surface area contributed by atoms with Crippen molar-refractivity contribution in [2.24, 2.45) is 4.99 Å². The van der Waals surface area contributed by atoms with Crippen LogP contribution in [0.1, 0.15) is 43.7 Å². The number of nitrogens with zero attached hydrogens (tertiary/aromatic N) is 3. The number of hydrogen-bond acceptors (Lipinski definition) is 9. The van der Waals surface area contributed by atoms with E-state index in [1.165, 1.54) is 28.0 Å². The third-order valence-electron chi connectivity index (χ3n) is 6.62. The van der Waals surface area contributed by atoms with E-state index in [4.69, 9.17) is 13.9 Å². The number of esters is 1. The Labute approximate surface area is 238 Å². The molecule has 0 fully saturated rings. The smallest absolute Gasteiger partial charge is 0.338 e. The van der Waals surface area contributed by atoms with Crippen LogP contribution in [0.4, 0.5) is 5.69 Å². The number of para-hydroxylation sites is 1. The molecule has 0 saturated heterocycles. The molecule has 1 aliphatic heterocycles. The maximum atomic E-state index is 13.9. The van der Waals surface area contributed by atoms with Gasteiger partial charge >= 0.3 is 5.97 Å². The van der Waals surface area contributed by atoms with Gasteiger partial charge in [0.1, 0.15) is 23.3 Å². The molecule has 0 N–H and O–H groups in total. The lowest BCUT2D eigenvalue weighted by Crippen LogP contribution is -2.40. The van der Waals surface area contributed by atoms with Gasteiger partial charge in [-0.2, -0.15) is 0 Å². The molecule has 0 bridgehead atoms. The Morgan fingerprint density at radius 3 is 2.63 bits per heavy atom. The lowest BCUT2D eigenvalue weighted by atomic mass is 9.95. The van der Waals surface area contributed by atoms with Crippen molar-refractivity contribution in [3.05, 3.63) is 113 Å². The first kappa shape index (κ1) is 27.8. The summed E-state index contributed by atoms with van der Waals surface area (Å²) >= 11 is 1.18. The van der Waals surface area contributed by atoms with Gasteiger partial charge in [0.2, 0.25) is 0 Å². The average Bonchev–Trinajstić information content (AvgIpc) is 3.52. The van der Waals surface area contributed by atoms with Crippen LogP contribution in [0.3, 0.4) is 0 Å². The molecule has 5 rings (SSSR count). The van der Waals surface area contributed by atoms with Crippen LogP contribution < -0.4 is 19.6 Å². The molecule has 0 unspecified atom stereocenters. The van der Waals surface area contributed by atoms with E-state index in [0.29, 0.717) is 55.6 Å². The number of carbonyl (C=O) groups is 1. The maximum Gasteiger partial charge on any atom is 0.338 e. The average molecular weight is 574 g/mol. The number of benzene rings is 2. The van der Waals surface area contributed by atoms with Crippen LogP contribution in [0, 0.1) is 17.0 Å². The fourth-order valence-corrected chi connectivity index (χ4v) is 5.85. The first-order valence-electron chi connectivity index (χ1n) is 13.0. The number of nitro benzene ring substituents is 1. The van der Waals surface area contributed by atoms with Gasteiger partial charge in [0.15, 0.2) is 4.80 Å². The van der Waals surface area contributed by atoms with Crippen molar-refractivity contribution in [2.45, 2.75) is 33.7 Å². The zero-order valence-corrected chi connectivity index (χ0v) is 23.7. The van der Waals surface area contributed by atoms with E-state index in [-0.39, 0.29) is 23.4 Å². The minimum atomic E-state index is -0.801. The highest BCUT2D eigenvalue weighted by atomic mass is 32.1. The summed E-state index contributed by atoms with van der Waals surface area (Å²) in [6, 6.07) is 14.5. The second-order valence-electron chi connectivity index (χ2n) is 9.23. The van der Waals surface area contributed by atoms with Crippen LogP contribution in [0.2, 0.25) is 0 Å². The highest BCUT2D eigenvalue weighted by Gasteiger charge is 2.35. The van der Waals surface area contributed by atoms with Gasteiger partial charge in [-0.1, -0.05) is 29.5 Å². The van der Waals surface area contributed by atoms with Crippen molar-refractivity contribution in [3.63, 3.8) is 0 Å². The number of aromatic nitrogens is 1. The van der Waals surface area contributed by atoms with Crippen LogP contribution in [-0.4, -0.2) is 28.7 Å². The second kappa shape index (κ2) is 11.4. The molecule has 2 aromatic heterocycles. The first-order chi connectivity index (χ1) is 19.7. The molecule has 0 aliphatic carbocycles. The van der Waals surface area contributed by atoms with Crippen molar-refractivity contribution >= 4 is 29.1 Å². The number of allylic oxidation sites excluding steroid dienone is 1. The van der Waals surface area contributed by atoms with E-state index in [0.717, 1.165) is 0 Å². The van der Waals surface area contributed by atoms with Gasteiger partial charge in [-0.3, -0.25) is 19.5 Å². The molecule has 11 heteroatoms. The maximum absolute atomic E-state index is 13.9. The Morgan fingerprint density at radius 1 is 1.15 bits per heavy atom. The SMILES string of the molecule is CCOC(=O)C1=C(C)N=c2s/c(=C\c3ccc(-c4ccc([N+](=O)[O-])cc4C)o3)c(=O)n2[C@@H]1c1ccccc1OCC. The zero-order valence-electron chi connectivity index (χ0n) is 22.9. The van der Waals surface area contributed by atoms with Gasteiger partial charge in [-0.15, -0.1) is 0 Å². The number of fused-ring (bicyclic) bond motifs is 1. The van der Waals surface area contributed by atoms with Crippen LogP contribution in [-0.2, 0) is 9.53 Å². The van der Waals surface area contributed by atoms with Crippen LogP contribution in [0.5, 0.6) is 5.75 Å². The van der Waals surface area contributed by atoms with E-state index in [1.807, 2.05) is 25.1 Å².